The number of ether oxygens (including phenoxy) is 2. The summed E-state index contributed by atoms with van der Waals surface area (Å²) in [5.74, 6) is 0.0402. The third-order valence-electron chi connectivity index (χ3n) is 5.48. The Balaban J connectivity index is 1.70. The van der Waals surface area contributed by atoms with Crippen LogP contribution in [0.15, 0.2) is 27.4 Å². The van der Waals surface area contributed by atoms with E-state index >= 15 is 0 Å². The van der Waals surface area contributed by atoms with Gasteiger partial charge in [0.1, 0.15) is 11.3 Å². The van der Waals surface area contributed by atoms with E-state index in [1.54, 1.807) is 25.0 Å². The molecule has 1 amide bonds. The van der Waals surface area contributed by atoms with E-state index in [4.69, 9.17) is 13.9 Å². The third kappa shape index (κ3) is 4.60. The summed E-state index contributed by atoms with van der Waals surface area (Å²) in [5.41, 5.74) is 1.36. The van der Waals surface area contributed by atoms with Crippen LogP contribution in [0.1, 0.15) is 37.3 Å². The molecule has 0 aliphatic carbocycles. The number of hydrogen-bond acceptors (Lipinski definition) is 6. The van der Waals surface area contributed by atoms with E-state index in [1.165, 1.54) is 0 Å². The van der Waals surface area contributed by atoms with Crippen LogP contribution in [0.2, 0.25) is 0 Å². The molecular formula is C22H27NO6. The summed E-state index contributed by atoms with van der Waals surface area (Å²) in [4.78, 5) is 38.8. The molecule has 0 N–H and O–H groups in total. The largest absolute Gasteiger partial charge is 0.497 e. The van der Waals surface area contributed by atoms with Gasteiger partial charge in [-0.3, -0.25) is 9.59 Å². The minimum absolute atomic E-state index is 0.0624. The van der Waals surface area contributed by atoms with Crippen LogP contribution in [-0.4, -0.2) is 43.6 Å². The zero-order chi connectivity index (χ0) is 21.0. The van der Waals surface area contributed by atoms with Crippen LogP contribution in [0.25, 0.3) is 11.0 Å². The lowest BCUT2D eigenvalue weighted by Gasteiger charge is -2.31. The molecule has 1 aromatic carbocycles. The van der Waals surface area contributed by atoms with Gasteiger partial charge in [-0.05, 0) is 50.8 Å². The van der Waals surface area contributed by atoms with Gasteiger partial charge in [0.15, 0.2) is 0 Å². The molecule has 0 bridgehead atoms. The van der Waals surface area contributed by atoms with Crippen molar-refractivity contribution >= 4 is 22.8 Å². The van der Waals surface area contributed by atoms with Gasteiger partial charge in [-0.2, -0.15) is 0 Å². The maximum atomic E-state index is 12.7. The van der Waals surface area contributed by atoms with Crippen molar-refractivity contribution in [2.45, 2.75) is 39.5 Å². The Hall–Kier alpha value is -2.83. The van der Waals surface area contributed by atoms with E-state index in [0.29, 0.717) is 43.0 Å². The van der Waals surface area contributed by atoms with Crippen molar-refractivity contribution in [2.75, 3.05) is 26.8 Å². The standard InChI is InChI=1S/C22H27NO6/c1-4-28-21(25)15-6-5-11-23(13-15)20(24)10-9-18-14(2)17-8-7-16(27-3)12-19(17)29-22(18)26/h7-8,12,15H,4-6,9-11,13H2,1-3H3. The van der Waals surface area contributed by atoms with Gasteiger partial charge in [0.25, 0.3) is 0 Å². The van der Waals surface area contributed by atoms with Crippen LogP contribution in [0, 0.1) is 12.8 Å². The van der Waals surface area contributed by atoms with E-state index in [1.807, 2.05) is 19.1 Å². The monoisotopic (exact) mass is 401 g/mol. The van der Waals surface area contributed by atoms with Gasteiger partial charge in [0, 0.05) is 36.5 Å². The van der Waals surface area contributed by atoms with Gasteiger partial charge in [-0.1, -0.05) is 0 Å². The molecule has 1 aromatic heterocycles. The molecule has 1 unspecified atom stereocenters. The van der Waals surface area contributed by atoms with Gasteiger partial charge in [-0.15, -0.1) is 0 Å². The van der Waals surface area contributed by atoms with Gasteiger partial charge in [0.2, 0.25) is 5.91 Å². The number of carbonyl (C=O) groups excluding carboxylic acids is 2. The highest BCUT2D eigenvalue weighted by Crippen LogP contribution is 2.25. The highest BCUT2D eigenvalue weighted by Gasteiger charge is 2.29. The van der Waals surface area contributed by atoms with Crippen molar-refractivity contribution in [3.05, 3.63) is 39.7 Å². The molecule has 7 nitrogen and oxygen atoms in total. The van der Waals surface area contributed by atoms with E-state index in [2.05, 4.69) is 0 Å². The fourth-order valence-electron chi connectivity index (χ4n) is 3.84. The lowest BCUT2D eigenvalue weighted by atomic mass is 9.97. The lowest BCUT2D eigenvalue weighted by Crippen LogP contribution is -2.43. The first-order chi connectivity index (χ1) is 13.9. The zero-order valence-corrected chi connectivity index (χ0v) is 17.2. The molecule has 3 rings (SSSR count). The van der Waals surface area contributed by atoms with Crippen molar-refractivity contribution in [1.82, 2.24) is 4.90 Å². The SMILES string of the molecule is CCOC(=O)C1CCCN(C(=O)CCc2c(C)c3ccc(OC)cc3oc2=O)C1. The average molecular weight is 401 g/mol. The summed E-state index contributed by atoms with van der Waals surface area (Å²) in [6.07, 6.45) is 2.01. The number of aryl methyl sites for hydroxylation is 1. The molecular weight excluding hydrogens is 374 g/mol. The number of likely N-dealkylation sites (tertiary alicyclic amines) is 1. The Morgan fingerprint density at radius 3 is 2.83 bits per heavy atom. The molecule has 1 aliphatic heterocycles. The molecule has 1 atom stereocenters. The van der Waals surface area contributed by atoms with Crippen molar-refractivity contribution < 1.29 is 23.5 Å². The number of methoxy groups -OCH3 is 1. The normalized spacial score (nSPS) is 16.7. The maximum Gasteiger partial charge on any atom is 0.339 e. The first kappa shape index (κ1) is 20.9. The number of hydrogen-bond donors (Lipinski definition) is 0. The predicted molar refractivity (Wildman–Crippen MR) is 108 cm³/mol. The number of esters is 1. The Kier molecular flexibility index (Phi) is 6.56. The summed E-state index contributed by atoms with van der Waals surface area (Å²) in [6, 6.07) is 5.35. The maximum absolute atomic E-state index is 12.7. The molecule has 0 radical (unpaired) electrons. The molecule has 0 saturated carbocycles. The zero-order valence-electron chi connectivity index (χ0n) is 17.2. The first-order valence-electron chi connectivity index (χ1n) is 9.99. The number of rotatable bonds is 6. The molecule has 2 aromatic rings. The Bertz CT molecular complexity index is 964. The minimum Gasteiger partial charge on any atom is -0.497 e. The molecule has 7 heteroatoms. The quantitative estimate of drug-likeness (QED) is 0.547. The third-order valence-corrected chi connectivity index (χ3v) is 5.48. The number of carbonyl (C=O) groups is 2. The predicted octanol–water partition coefficient (Wildman–Crippen LogP) is 2.84. The number of nitrogens with zero attached hydrogens (tertiary/aromatic N) is 1. The second kappa shape index (κ2) is 9.11. The van der Waals surface area contributed by atoms with Crippen molar-refractivity contribution in [3.63, 3.8) is 0 Å². The highest BCUT2D eigenvalue weighted by molar-refractivity contribution is 5.83. The van der Waals surface area contributed by atoms with Crippen LogP contribution in [-0.2, 0) is 20.7 Å². The molecule has 1 fully saturated rings. The van der Waals surface area contributed by atoms with Crippen LogP contribution < -0.4 is 10.4 Å². The second-order valence-electron chi connectivity index (χ2n) is 7.29. The Morgan fingerprint density at radius 1 is 1.31 bits per heavy atom. The van der Waals surface area contributed by atoms with Gasteiger partial charge in [-0.25, -0.2) is 4.79 Å². The lowest BCUT2D eigenvalue weighted by molar-refractivity contribution is -0.151. The summed E-state index contributed by atoms with van der Waals surface area (Å²) in [7, 11) is 1.55. The smallest absolute Gasteiger partial charge is 0.339 e. The molecule has 2 heterocycles. The van der Waals surface area contributed by atoms with Crippen molar-refractivity contribution in [3.8, 4) is 5.75 Å². The molecule has 1 saturated heterocycles. The number of amides is 1. The minimum atomic E-state index is -0.431. The van der Waals surface area contributed by atoms with Crippen molar-refractivity contribution in [1.29, 1.82) is 0 Å². The number of fused-ring (bicyclic) bond motifs is 1. The Morgan fingerprint density at radius 2 is 2.10 bits per heavy atom. The van der Waals surface area contributed by atoms with E-state index < -0.39 is 5.63 Å². The average Bonchev–Trinajstić information content (AvgIpc) is 2.73. The van der Waals surface area contributed by atoms with Crippen LogP contribution >= 0.6 is 0 Å². The van der Waals surface area contributed by atoms with Gasteiger partial charge in [0.05, 0.1) is 19.6 Å². The van der Waals surface area contributed by atoms with Crippen LogP contribution in [0.4, 0.5) is 0 Å². The summed E-state index contributed by atoms with van der Waals surface area (Å²) >= 11 is 0. The topological polar surface area (TPSA) is 86.1 Å². The summed E-state index contributed by atoms with van der Waals surface area (Å²) in [5, 5.41) is 0.827. The van der Waals surface area contributed by atoms with Crippen LogP contribution in [0.5, 0.6) is 5.75 Å². The van der Waals surface area contributed by atoms with Gasteiger partial charge < -0.3 is 18.8 Å². The number of piperidine rings is 1. The van der Waals surface area contributed by atoms with E-state index in [-0.39, 0.29) is 24.2 Å². The molecule has 1 aliphatic rings. The van der Waals surface area contributed by atoms with Crippen LogP contribution in [0.3, 0.4) is 0 Å². The highest BCUT2D eigenvalue weighted by atomic mass is 16.5. The van der Waals surface area contributed by atoms with Crippen molar-refractivity contribution in [2.24, 2.45) is 5.92 Å². The summed E-state index contributed by atoms with van der Waals surface area (Å²) in [6.45, 7) is 4.98. The fourth-order valence-corrected chi connectivity index (χ4v) is 3.84. The Labute approximate surface area is 169 Å². The van der Waals surface area contributed by atoms with E-state index in [0.717, 1.165) is 23.8 Å². The summed E-state index contributed by atoms with van der Waals surface area (Å²) < 4.78 is 15.7. The molecule has 0 spiro atoms. The molecule has 29 heavy (non-hydrogen) atoms. The number of benzene rings is 1. The molecule has 156 valence electrons. The van der Waals surface area contributed by atoms with Gasteiger partial charge >= 0.3 is 11.6 Å². The second-order valence-corrected chi connectivity index (χ2v) is 7.29. The fraction of sp³-hybridized carbons (Fsp3) is 0.500. The van der Waals surface area contributed by atoms with E-state index in [9.17, 15) is 14.4 Å². The first-order valence-corrected chi connectivity index (χ1v) is 9.99.